The Morgan fingerprint density at radius 2 is 1.91 bits per heavy atom. The van der Waals surface area contributed by atoms with Crippen LogP contribution in [0.1, 0.15) is 16.1 Å². The molecule has 1 aromatic heterocycles. The Morgan fingerprint density at radius 1 is 1.27 bits per heavy atom. The fourth-order valence-corrected chi connectivity index (χ4v) is 2.30. The highest BCUT2D eigenvalue weighted by Crippen LogP contribution is 2.23. The molecule has 2 rings (SSSR count). The second kappa shape index (κ2) is 7.63. The van der Waals surface area contributed by atoms with Gasteiger partial charge < -0.3 is 13.9 Å². The largest absolute Gasteiger partial charge is 0.497 e. The lowest BCUT2D eigenvalue weighted by Gasteiger charge is -2.07. The van der Waals surface area contributed by atoms with Crippen LogP contribution >= 0.6 is 38.5 Å². The van der Waals surface area contributed by atoms with Gasteiger partial charge in [0.05, 0.1) is 24.9 Å². The normalized spacial score (nSPS) is 10.7. The van der Waals surface area contributed by atoms with Crippen LogP contribution < -0.4 is 14.9 Å². The van der Waals surface area contributed by atoms with Crippen LogP contribution in [0, 0.1) is 3.77 Å². The zero-order valence-electron chi connectivity index (χ0n) is 11.7. The maximum Gasteiger partial charge on any atom is 0.271 e. The van der Waals surface area contributed by atoms with E-state index in [0.717, 1.165) is 4.47 Å². The Balaban J connectivity index is 2.08. The summed E-state index contributed by atoms with van der Waals surface area (Å²) in [5.74, 6) is 1.20. The average Bonchev–Trinajstić information content (AvgIpc) is 2.84. The Labute approximate surface area is 149 Å². The molecule has 0 unspecified atom stereocenters. The quantitative estimate of drug-likeness (QED) is 0.406. The Kier molecular flexibility index (Phi) is 5.83. The molecule has 0 fully saturated rings. The van der Waals surface area contributed by atoms with Gasteiger partial charge in [-0.1, -0.05) is 0 Å². The topological polar surface area (TPSA) is 73.1 Å². The molecule has 8 heteroatoms. The summed E-state index contributed by atoms with van der Waals surface area (Å²) in [6, 6.07) is 6.63. The summed E-state index contributed by atoms with van der Waals surface area (Å²) in [4.78, 5) is 12.1. The van der Waals surface area contributed by atoms with Crippen molar-refractivity contribution in [1.29, 1.82) is 0 Å². The summed E-state index contributed by atoms with van der Waals surface area (Å²) in [6.45, 7) is 0. The highest BCUT2D eigenvalue weighted by Gasteiger charge is 2.09. The van der Waals surface area contributed by atoms with Gasteiger partial charge in [-0.15, -0.1) is 0 Å². The van der Waals surface area contributed by atoms with E-state index in [4.69, 9.17) is 13.9 Å². The van der Waals surface area contributed by atoms with Crippen molar-refractivity contribution < 1.29 is 18.7 Å². The maximum atomic E-state index is 12.1. The van der Waals surface area contributed by atoms with E-state index in [2.05, 4.69) is 26.5 Å². The lowest BCUT2D eigenvalue weighted by molar-refractivity contribution is 0.0954. The minimum Gasteiger partial charge on any atom is -0.497 e. The summed E-state index contributed by atoms with van der Waals surface area (Å²) in [5, 5.41) is 3.86. The molecule has 0 bridgehead atoms. The van der Waals surface area contributed by atoms with Crippen LogP contribution in [0.15, 0.2) is 38.3 Å². The first-order chi connectivity index (χ1) is 10.5. The number of ether oxygens (including phenoxy) is 2. The van der Waals surface area contributed by atoms with Crippen molar-refractivity contribution in [2.45, 2.75) is 0 Å². The molecule has 0 saturated heterocycles. The predicted octanol–water partition coefficient (Wildman–Crippen LogP) is 3.43. The van der Waals surface area contributed by atoms with Gasteiger partial charge in [0.15, 0.2) is 3.77 Å². The van der Waals surface area contributed by atoms with Crippen molar-refractivity contribution in [2.24, 2.45) is 5.10 Å². The molecule has 0 aliphatic carbocycles. The van der Waals surface area contributed by atoms with Crippen molar-refractivity contribution in [3.63, 3.8) is 0 Å². The van der Waals surface area contributed by atoms with E-state index in [9.17, 15) is 4.79 Å². The van der Waals surface area contributed by atoms with E-state index in [1.807, 2.05) is 22.6 Å². The molecule has 1 aromatic carbocycles. The fraction of sp³-hybridized carbons (Fsp3) is 0.143. The molecule has 0 aliphatic rings. The van der Waals surface area contributed by atoms with E-state index in [0.29, 0.717) is 26.6 Å². The van der Waals surface area contributed by atoms with Gasteiger partial charge >= 0.3 is 0 Å². The smallest absolute Gasteiger partial charge is 0.271 e. The molecule has 0 radical (unpaired) electrons. The molecule has 0 aliphatic heterocycles. The summed E-state index contributed by atoms with van der Waals surface area (Å²) in [6.07, 6.45) is 1.42. The van der Waals surface area contributed by atoms with Crippen molar-refractivity contribution in [3.8, 4) is 11.5 Å². The van der Waals surface area contributed by atoms with Crippen molar-refractivity contribution in [3.05, 3.63) is 43.8 Å². The molecule has 1 amide bonds. The highest BCUT2D eigenvalue weighted by molar-refractivity contribution is 14.1. The minimum absolute atomic E-state index is 0.378. The standard InChI is InChI=1S/C14H12BrIN2O4/c1-20-9-3-8(4-10(5-9)21-2)14(19)18-17-7-11-6-12(15)13(16)22-11/h3-7H,1-2H3,(H,18,19). The first-order valence-corrected chi connectivity index (χ1v) is 7.92. The first-order valence-electron chi connectivity index (χ1n) is 6.04. The van der Waals surface area contributed by atoms with E-state index in [1.54, 1.807) is 24.3 Å². The molecule has 1 N–H and O–H groups in total. The monoisotopic (exact) mass is 478 g/mol. The Morgan fingerprint density at radius 3 is 2.41 bits per heavy atom. The van der Waals surface area contributed by atoms with Gasteiger partial charge in [-0.3, -0.25) is 4.79 Å². The molecule has 116 valence electrons. The molecule has 2 aromatic rings. The number of furan rings is 1. The van der Waals surface area contributed by atoms with Gasteiger partial charge in [-0.25, -0.2) is 5.43 Å². The number of hydrogen-bond acceptors (Lipinski definition) is 5. The van der Waals surface area contributed by atoms with E-state index < -0.39 is 0 Å². The number of rotatable bonds is 5. The zero-order chi connectivity index (χ0) is 16.1. The number of hydrazone groups is 1. The molecule has 6 nitrogen and oxygen atoms in total. The number of carbonyl (C=O) groups excluding carboxylic acids is 1. The van der Waals surface area contributed by atoms with Crippen LogP contribution in [0.3, 0.4) is 0 Å². The first kappa shape index (κ1) is 16.8. The van der Waals surface area contributed by atoms with Crippen LogP contribution in [0.5, 0.6) is 11.5 Å². The van der Waals surface area contributed by atoms with Gasteiger partial charge in [0.25, 0.3) is 5.91 Å². The number of halogens is 2. The average molecular weight is 479 g/mol. The van der Waals surface area contributed by atoms with Crippen LogP contribution in [-0.2, 0) is 0 Å². The SMILES string of the molecule is COc1cc(OC)cc(C(=O)NN=Cc2cc(Br)c(I)o2)c1. The van der Waals surface area contributed by atoms with Gasteiger partial charge in [0, 0.05) is 40.3 Å². The van der Waals surface area contributed by atoms with Gasteiger partial charge in [-0.05, 0) is 28.1 Å². The predicted molar refractivity (Wildman–Crippen MR) is 93.7 cm³/mol. The summed E-state index contributed by atoms with van der Waals surface area (Å²) in [7, 11) is 3.04. The van der Waals surface area contributed by atoms with Crippen LogP contribution in [-0.4, -0.2) is 26.3 Å². The van der Waals surface area contributed by atoms with Gasteiger partial charge in [0.1, 0.15) is 17.3 Å². The van der Waals surface area contributed by atoms with E-state index >= 15 is 0 Å². The van der Waals surface area contributed by atoms with E-state index in [-0.39, 0.29) is 5.91 Å². The molecule has 0 atom stereocenters. The van der Waals surface area contributed by atoms with Crippen LogP contribution in [0.2, 0.25) is 0 Å². The fourth-order valence-electron chi connectivity index (χ4n) is 1.58. The maximum absolute atomic E-state index is 12.1. The van der Waals surface area contributed by atoms with Crippen LogP contribution in [0.4, 0.5) is 0 Å². The zero-order valence-corrected chi connectivity index (χ0v) is 15.5. The van der Waals surface area contributed by atoms with E-state index in [1.165, 1.54) is 20.4 Å². The molecular formula is C14H12BrIN2O4. The van der Waals surface area contributed by atoms with Crippen molar-refractivity contribution >= 4 is 50.6 Å². The summed E-state index contributed by atoms with van der Waals surface area (Å²) in [5.41, 5.74) is 2.80. The van der Waals surface area contributed by atoms with Gasteiger partial charge in [-0.2, -0.15) is 5.10 Å². The molecule has 1 heterocycles. The number of carbonyl (C=O) groups is 1. The molecule has 22 heavy (non-hydrogen) atoms. The summed E-state index contributed by atoms with van der Waals surface area (Å²) >= 11 is 5.37. The van der Waals surface area contributed by atoms with Gasteiger partial charge in [0.2, 0.25) is 0 Å². The lowest BCUT2D eigenvalue weighted by atomic mass is 10.2. The number of nitrogens with zero attached hydrogens (tertiary/aromatic N) is 1. The number of nitrogens with one attached hydrogen (secondary N) is 1. The molecular weight excluding hydrogens is 467 g/mol. The van der Waals surface area contributed by atoms with Crippen LogP contribution in [0.25, 0.3) is 0 Å². The third kappa shape index (κ3) is 4.23. The third-order valence-corrected chi connectivity index (χ3v) is 4.77. The second-order valence-corrected chi connectivity index (χ2v) is 5.90. The summed E-state index contributed by atoms with van der Waals surface area (Å²) < 4.78 is 17.2. The van der Waals surface area contributed by atoms with Crippen molar-refractivity contribution in [1.82, 2.24) is 5.43 Å². The minimum atomic E-state index is -0.381. The number of methoxy groups -OCH3 is 2. The molecule has 0 saturated carbocycles. The number of amides is 1. The number of hydrogen-bond donors (Lipinski definition) is 1. The second-order valence-electron chi connectivity index (χ2n) is 4.07. The Bertz CT molecular complexity index is 673. The highest BCUT2D eigenvalue weighted by atomic mass is 127. The third-order valence-electron chi connectivity index (χ3n) is 2.64. The van der Waals surface area contributed by atoms with Crippen molar-refractivity contribution in [2.75, 3.05) is 14.2 Å². The Hall–Kier alpha value is -1.55. The number of benzene rings is 1. The lowest BCUT2D eigenvalue weighted by Crippen LogP contribution is -2.17. The molecule has 0 spiro atoms.